The largest absolute Gasteiger partial charge is 1.00 e. The zero-order valence-corrected chi connectivity index (χ0v) is 22.0. The van der Waals surface area contributed by atoms with E-state index in [-0.39, 0.29) is 28.8 Å². The first-order valence-corrected chi connectivity index (χ1v) is 12.5. The molecule has 0 radical (unpaired) electrons. The number of quaternary nitrogens is 1. The SMILES string of the molecule is O=C(N[C@H]1C[N+]2(CCc3ccc(F)cc3)CCC1CC2)OC(c1cccc(F)c1)c1cccc(F)c1.[Br-]. The van der Waals surface area contributed by atoms with Crippen molar-refractivity contribution in [2.45, 2.75) is 31.4 Å². The number of nitrogens with one attached hydrogen (secondary N) is 1. The molecule has 4 nitrogen and oxygen atoms in total. The molecule has 3 aromatic carbocycles. The fourth-order valence-corrected chi connectivity index (χ4v) is 5.74. The van der Waals surface area contributed by atoms with Gasteiger partial charge in [-0.1, -0.05) is 36.4 Å². The predicted molar refractivity (Wildman–Crippen MR) is 131 cm³/mol. The van der Waals surface area contributed by atoms with Gasteiger partial charge in [0.1, 0.15) is 17.5 Å². The van der Waals surface area contributed by atoms with Crippen molar-refractivity contribution in [1.82, 2.24) is 5.32 Å². The van der Waals surface area contributed by atoms with E-state index in [1.807, 2.05) is 12.1 Å². The monoisotopic (exact) mass is 574 g/mol. The molecule has 6 rings (SSSR count). The molecule has 196 valence electrons. The third-order valence-corrected chi connectivity index (χ3v) is 7.72. The first-order chi connectivity index (χ1) is 17.4. The number of alkyl carbamates (subject to hydrolysis) is 1. The molecular formula is C29H30BrF3N2O2. The summed E-state index contributed by atoms with van der Waals surface area (Å²) >= 11 is 0. The Morgan fingerprint density at radius 1 is 0.892 bits per heavy atom. The molecule has 3 aliphatic rings. The van der Waals surface area contributed by atoms with Gasteiger partial charge in [-0.05, 0) is 59.0 Å². The van der Waals surface area contributed by atoms with Crippen LogP contribution in [0, 0.1) is 23.4 Å². The van der Waals surface area contributed by atoms with Crippen molar-refractivity contribution in [1.29, 1.82) is 0 Å². The number of fused-ring (bicyclic) bond motifs is 3. The standard InChI is InChI=1S/C29H29F3N2O2.BrH/c30-24-9-7-20(8-10-24)11-14-34-15-12-21(13-16-34)27(19-34)33-29(35)36-28(22-3-1-5-25(31)17-22)23-4-2-6-26(32)18-23;/h1-10,17-18,21,27-28H,11-16,19H2;1H/t21?,27-,34?;/m0./s1. The van der Waals surface area contributed by atoms with Gasteiger partial charge < -0.3 is 31.5 Å². The normalized spacial score (nSPS) is 22.4. The van der Waals surface area contributed by atoms with Crippen LogP contribution in [0.1, 0.15) is 35.6 Å². The van der Waals surface area contributed by atoms with Crippen LogP contribution < -0.4 is 22.3 Å². The third-order valence-electron chi connectivity index (χ3n) is 7.72. The molecule has 3 saturated heterocycles. The summed E-state index contributed by atoms with van der Waals surface area (Å²) in [6.07, 6.45) is 1.36. The molecule has 1 amide bonds. The molecule has 3 heterocycles. The number of hydrogen-bond acceptors (Lipinski definition) is 2. The van der Waals surface area contributed by atoms with Crippen LogP contribution in [0.15, 0.2) is 72.8 Å². The topological polar surface area (TPSA) is 38.3 Å². The van der Waals surface area contributed by atoms with Gasteiger partial charge in [-0.3, -0.25) is 0 Å². The lowest BCUT2D eigenvalue weighted by molar-refractivity contribution is -0.943. The van der Waals surface area contributed by atoms with E-state index in [0.29, 0.717) is 17.0 Å². The third kappa shape index (κ3) is 6.54. The van der Waals surface area contributed by atoms with Crippen molar-refractivity contribution in [2.24, 2.45) is 5.92 Å². The zero-order valence-electron chi connectivity index (χ0n) is 20.4. The number of ether oxygens (including phenoxy) is 1. The van der Waals surface area contributed by atoms with Crippen molar-refractivity contribution < 1.29 is 44.2 Å². The molecule has 8 heteroatoms. The van der Waals surface area contributed by atoms with Crippen molar-refractivity contribution in [3.63, 3.8) is 0 Å². The minimum absolute atomic E-state index is 0. The number of hydrogen-bond donors (Lipinski definition) is 1. The lowest BCUT2D eigenvalue weighted by Crippen LogP contribution is -3.00. The summed E-state index contributed by atoms with van der Waals surface area (Å²) in [4.78, 5) is 13.1. The number of nitrogens with zero attached hydrogens (tertiary/aromatic N) is 1. The number of piperidine rings is 3. The highest BCUT2D eigenvalue weighted by atomic mass is 79.9. The Balaban J connectivity index is 0.00000320. The minimum Gasteiger partial charge on any atom is -1.00 e. The van der Waals surface area contributed by atoms with E-state index in [4.69, 9.17) is 4.74 Å². The maximum Gasteiger partial charge on any atom is 0.408 e. The second-order valence-corrected chi connectivity index (χ2v) is 10.1. The highest BCUT2D eigenvalue weighted by molar-refractivity contribution is 5.68. The Morgan fingerprint density at radius 2 is 1.49 bits per heavy atom. The van der Waals surface area contributed by atoms with E-state index in [1.54, 1.807) is 24.3 Å². The van der Waals surface area contributed by atoms with Crippen LogP contribution in [0.25, 0.3) is 0 Å². The van der Waals surface area contributed by atoms with Gasteiger partial charge >= 0.3 is 6.09 Å². The zero-order chi connectivity index (χ0) is 25.1. The van der Waals surface area contributed by atoms with Gasteiger partial charge in [0, 0.05) is 19.3 Å². The summed E-state index contributed by atoms with van der Waals surface area (Å²) in [7, 11) is 0. The molecule has 3 aliphatic heterocycles. The number of benzene rings is 3. The number of amides is 1. The van der Waals surface area contributed by atoms with Crippen LogP contribution in [-0.2, 0) is 11.2 Å². The molecule has 37 heavy (non-hydrogen) atoms. The fourth-order valence-electron chi connectivity index (χ4n) is 5.74. The van der Waals surface area contributed by atoms with Crippen molar-refractivity contribution >= 4 is 6.09 Å². The molecule has 2 bridgehead atoms. The predicted octanol–water partition coefficient (Wildman–Crippen LogP) is 2.78. The fraction of sp³-hybridized carbons (Fsp3) is 0.345. The number of halogens is 4. The van der Waals surface area contributed by atoms with Crippen LogP contribution in [0.2, 0.25) is 0 Å². The van der Waals surface area contributed by atoms with Crippen LogP contribution in [-0.4, -0.2) is 42.8 Å². The van der Waals surface area contributed by atoms with Crippen LogP contribution in [0.3, 0.4) is 0 Å². The first kappa shape index (κ1) is 27.2. The summed E-state index contributed by atoms with van der Waals surface area (Å²) in [5.74, 6) is -0.766. The quantitative estimate of drug-likeness (QED) is 0.441. The van der Waals surface area contributed by atoms with Crippen LogP contribution in [0.4, 0.5) is 18.0 Å². The molecule has 0 spiro atoms. The highest BCUT2D eigenvalue weighted by Gasteiger charge is 2.46. The van der Waals surface area contributed by atoms with E-state index in [0.717, 1.165) is 55.5 Å². The second kappa shape index (κ2) is 11.7. The van der Waals surface area contributed by atoms with Crippen molar-refractivity contribution in [2.75, 3.05) is 26.2 Å². The maximum atomic E-state index is 13.9. The molecule has 1 N–H and O–H groups in total. The van der Waals surface area contributed by atoms with E-state index in [1.165, 1.54) is 36.4 Å². The summed E-state index contributed by atoms with van der Waals surface area (Å²) in [5, 5.41) is 3.07. The highest BCUT2D eigenvalue weighted by Crippen LogP contribution is 2.35. The summed E-state index contributed by atoms with van der Waals surface area (Å²) < 4.78 is 47.8. The Morgan fingerprint density at radius 3 is 2.05 bits per heavy atom. The summed E-state index contributed by atoms with van der Waals surface area (Å²) in [5.41, 5.74) is 1.98. The lowest BCUT2D eigenvalue weighted by atomic mass is 9.81. The Kier molecular flexibility index (Phi) is 8.60. The smallest absolute Gasteiger partial charge is 0.408 e. The molecule has 0 saturated carbocycles. The van der Waals surface area contributed by atoms with Gasteiger partial charge in [-0.2, -0.15) is 0 Å². The van der Waals surface area contributed by atoms with E-state index in [2.05, 4.69) is 5.32 Å². The van der Waals surface area contributed by atoms with E-state index < -0.39 is 23.8 Å². The molecule has 0 aromatic heterocycles. The van der Waals surface area contributed by atoms with Crippen molar-refractivity contribution in [3.8, 4) is 0 Å². The Bertz CT molecular complexity index is 1170. The number of carbonyl (C=O) groups excluding carboxylic acids is 1. The molecular weight excluding hydrogens is 545 g/mol. The molecule has 1 atom stereocenters. The van der Waals surface area contributed by atoms with Gasteiger partial charge in [0.25, 0.3) is 0 Å². The van der Waals surface area contributed by atoms with E-state index in [9.17, 15) is 18.0 Å². The molecule has 0 aliphatic carbocycles. The van der Waals surface area contributed by atoms with Gasteiger partial charge in [0.2, 0.25) is 0 Å². The minimum atomic E-state index is -0.931. The van der Waals surface area contributed by atoms with Gasteiger partial charge in [0.15, 0.2) is 6.10 Å². The summed E-state index contributed by atoms with van der Waals surface area (Å²) in [6.45, 7) is 3.87. The second-order valence-electron chi connectivity index (χ2n) is 10.1. The molecule has 3 fully saturated rings. The maximum absolute atomic E-state index is 13.9. The van der Waals surface area contributed by atoms with Gasteiger partial charge in [-0.15, -0.1) is 0 Å². The van der Waals surface area contributed by atoms with Crippen molar-refractivity contribution in [3.05, 3.63) is 107 Å². The molecule has 0 unspecified atom stereocenters. The first-order valence-electron chi connectivity index (χ1n) is 12.5. The Labute approximate surface area is 225 Å². The van der Waals surface area contributed by atoms with Crippen LogP contribution >= 0.6 is 0 Å². The Hall–Kier alpha value is -2.84. The number of carbonyl (C=O) groups is 1. The average Bonchev–Trinajstić information content (AvgIpc) is 2.88. The summed E-state index contributed by atoms with van der Waals surface area (Å²) in [6, 6.07) is 18.2. The van der Waals surface area contributed by atoms with Crippen LogP contribution in [0.5, 0.6) is 0 Å². The van der Waals surface area contributed by atoms with Gasteiger partial charge in [0.05, 0.1) is 32.2 Å². The van der Waals surface area contributed by atoms with E-state index >= 15 is 0 Å². The average molecular weight is 575 g/mol. The molecule has 3 aromatic rings. The lowest BCUT2D eigenvalue weighted by Gasteiger charge is -2.52. The number of rotatable bonds is 7. The van der Waals surface area contributed by atoms with Gasteiger partial charge in [-0.25, -0.2) is 18.0 Å².